The van der Waals surface area contributed by atoms with Crippen molar-refractivity contribution < 1.29 is 62.5 Å². The monoisotopic (exact) mass is 1040 g/mol. The number of carbonyl (C=O) groups is 9. The number of ketones is 1. The van der Waals surface area contributed by atoms with Gasteiger partial charge in [0.05, 0.1) is 31.6 Å². The average Bonchev–Trinajstić information content (AvgIpc) is 4.09. The van der Waals surface area contributed by atoms with Gasteiger partial charge in [0.25, 0.3) is 0 Å². The number of benzene rings is 1. The highest BCUT2D eigenvalue weighted by Crippen LogP contribution is 2.26. The van der Waals surface area contributed by atoms with E-state index >= 15 is 0 Å². The Kier molecular flexibility index (Phi) is 22.6. The highest BCUT2D eigenvalue weighted by molar-refractivity contribution is 6.05. The molecule has 3 aliphatic rings. The molecule has 74 heavy (non-hydrogen) atoms. The summed E-state index contributed by atoms with van der Waals surface area (Å²) in [6, 6.07) is -1.43. The molecule has 12 atom stereocenters. The van der Waals surface area contributed by atoms with Crippen molar-refractivity contribution in [3.8, 4) is 5.75 Å². The van der Waals surface area contributed by atoms with Crippen LogP contribution in [0.3, 0.4) is 0 Å². The first kappa shape index (κ1) is 60.7. The van der Waals surface area contributed by atoms with Crippen molar-refractivity contribution in [1.29, 1.82) is 0 Å². The van der Waals surface area contributed by atoms with Crippen LogP contribution in [0.1, 0.15) is 113 Å². The van der Waals surface area contributed by atoms with Gasteiger partial charge in [-0.1, -0.05) is 86.1 Å². The molecule has 3 heterocycles. The van der Waals surface area contributed by atoms with Gasteiger partial charge < -0.3 is 50.0 Å². The Morgan fingerprint density at radius 2 is 1.58 bits per heavy atom. The molecule has 0 spiro atoms. The lowest BCUT2D eigenvalue weighted by molar-refractivity contribution is -0.163. The Balaban J connectivity index is 1.88. The number of ether oxygens (including phenoxy) is 3. The second-order valence-electron chi connectivity index (χ2n) is 21.4. The van der Waals surface area contributed by atoms with Crippen molar-refractivity contribution in [2.24, 2.45) is 29.6 Å². The molecule has 0 saturated carbocycles. The molecule has 2 fully saturated rings. The molecule has 2 saturated heterocycles. The fourth-order valence-corrected chi connectivity index (χ4v) is 9.61. The molecule has 0 radical (unpaired) electrons. The van der Waals surface area contributed by atoms with Gasteiger partial charge in [-0.2, -0.15) is 0 Å². The van der Waals surface area contributed by atoms with E-state index in [1.807, 2.05) is 27.7 Å². The summed E-state index contributed by atoms with van der Waals surface area (Å²) in [6.07, 6.45) is -0.439. The first-order valence-electron chi connectivity index (χ1n) is 26.2. The fourth-order valence-electron chi connectivity index (χ4n) is 9.61. The van der Waals surface area contributed by atoms with E-state index in [9.17, 15) is 48.3 Å². The molecule has 6 amide bonds. The number of nitrogens with one attached hydrogen (secondary N) is 4. The lowest BCUT2D eigenvalue weighted by Gasteiger charge is -2.36. The van der Waals surface area contributed by atoms with Crippen molar-refractivity contribution in [2.75, 3.05) is 34.3 Å². The summed E-state index contributed by atoms with van der Waals surface area (Å²) in [5.74, 6) is -8.89. The maximum Gasteiger partial charge on any atom is 0.329 e. The minimum absolute atomic E-state index is 0.0948. The van der Waals surface area contributed by atoms with E-state index in [2.05, 4.69) is 21.3 Å². The molecule has 5 N–H and O–H groups in total. The molecular formula is C54H83N7O13. The van der Waals surface area contributed by atoms with Crippen LogP contribution in [0.5, 0.6) is 5.75 Å². The van der Waals surface area contributed by atoms with Crippen LogP contribution in [0, 0.1) is 29.6 Å². The maximum atomic E-state index is 14.9. The molecule has 412 valence electrons. The Bertz CT molecular complexity index is 2180. The van der Waals surface area contributed by atoms with Gasteiger partial charge in [-0.15, -0.1) is 0 Å². The van der Waals surface area contributed by atoms with Crippen LogP contribution in [-0.2, 0) is 59.0 Å². The molecule has 4 rings (SSSR count). The van der Waals surface area contributed by atoms with Crippen molar-refractivity contribution in [3.63, 3.8) is 0 Å². The van der Waals surface area contributed by atoms with Gasteiger partial charge in [0, 0.05) is 33.6 Å². The van der Waals surface area contributed by atoms with E-state index in [0.717, 1.165) is 0 Å². The zero-order chi connectivity index (χ0) is 55.3. The number of nitrogens with zero attached hydrogens (tertiary/aromatic N) is 3. The fraction of sp³-hybridized carbons (Fsp3) is 0.685. The van der Waals surface area contributed by atoms with Gasteiger partial charge in [-0.05, 0) is 80.9 Å². The van der Waals surface area contributed by atoms with Gasteiger partial charge in [0.2, 0.25) is 35.4 Å². The third-order valence-corrected chi connectivity index (χ3v) is 14.4. The minimum atomic E-state index is -1.68. The molecule has 0 bridgehead atoms. The van der Waals surface area contributed by atoms with Crippen molar-refractivity contribution in [2.45, 2.75) is 175 Å². The number of amides is 6. The second-order valence-corrected chi connectivity index (χ2v) is 21.4. The maximum absolute atomic E-state index is 14.9. The highest BCUT2D eigenvalue weighted by atomic mass is 16.6. The number of aliphatic hydroxyl groups is 1. The minimum Gasteiger partial charge on any atom is -0.497 e. The van der Waals surface area contributed by atoms with E-state index < -0.39 is 132 Å². The lowest BCUT2D eigenvalue weighted by Crippen LogP contribution is -2.62. The number of Topliss-reactive ketones (excluding diaryl/α,β-unsaturated/α-hetero) is 1. The number of esters is 2. The summed E-state index contributed by atoms with van der Waals surface area (Å²) in [7, 11) is 4.42. The summed E-state index contributed by atoms with van der Waals surface area (Å²) in [5.41, 5.74) is 0.599. The molecular weight excluding hydrogens is 955 g/mol. The molecule has 0 aromatic heterocycles. The van der Waals surface area contributed by atoms with Gasteiger partial charge >= 0.3 is 11.9 Å². The number of cyclic esters (lactones) is 2. The second kappa shape index (κ2) is 27.6. The van der Waals surface area contributed by atoms with Gasteiger partial charge in [0.1, 0.15) is 48.1 Å². The Hall–Kier alpha value is -5.89. The third kappa shape index (κ3) is 15.8. The molecule has 3 aliphatic heterocycles. The number of methoxy groups -OCH3 is 1. The van der Waals surface area contributed by atoms with Crippen LogP contribution in [-0.4, -0.2) is 168 Å². The number of likely N-dealkylation sites (N-methyl/N-ethyl adjacent to an activating group) is 2. The van der Waals surface area contributed by atoms with Crippen molar-refractivity contribution in [3.05, 3.63) is 42.0 Å². The molecule has 0 aliphatic carbocycles. The summed E-state index contributed by atoms with van der Waals surface area (Å²) in [4.78, 5) is 133. The largest absolute Gasteiger partial charge is 0.497 e. The van der Waals surface area contributed by atoms with E-state index in [0.29, 0.717) is 30.7 Å². The zero-order valence-corrected chi connectivity index (χ0v) is 45.7. The molecule has 20 nitrogen and oxygen atoms in total. The smallest absolute Gasteiger partial charge is 0.329 e. The van der Waals surface area contributed by atoms with Crippen LogP contribution >= 0.6 is 0 Å². The summed E-state index contributed by atoms with van der Waals surface area (Å²) >= 11 is 0. The lowest BCUT2D eigenvalue weighted by atomic mass is 9.91. The van der Waals surface area contributed by atoms with Crippen LogP contribution in [0.15, 0.2) is 36.4 Å². The zero-order valence-electron chi connectivity index (χ0n) is 45.7. The van der Waals surface area contributed by atoms with E-state index in [1.54, 1.807) is 64.1 Å². The van der Waals surface area contributed by atoms with Crippen LogP contribution < -0.4 is 26.0 Å². The summed E-state index contributed by atoms with van der Waals surface area (Å²) in [5, 5.41) is 23.2. The molecule has 20 heteroatoms. The number of rotatable bonds is 14. The predicted molar refractivity (Wildman–Crippen MR) is 275 cm³/mol. The first-order valence-corrected chi connectivity index (χ1v) is 26.2. The average molecular weight is 1040 g/mol. The van der Waals surface area contributed by atoms with Crippen molar-refractivity contribution >= 4 is 53.2 Å². The Morgan fingerprint density at radius 3 is 2.15 bits per heavy atom. The number of fused-ring (bicyclic) bond motifs is 1. The van der Waals surface area contributed by atoms with Crippen LogP contribution in [0.25, 0.3) is 0 Å². The standard InChI is InChI=1S/C54H83N7O13/c1-14-32(8)44-42(62)28-43(63)74-47(31(6)7)46(64)33(9)48(65)56-38(25-29(2)3)52(69)61-24-16-18-39(61)53(70)60(12)41(27-35-19-21-36(72-13)22-20-35)54(71)73-34(10)45(50(67)57-44)58-49(66)40(26-30(4)5)59(11)51(68)37-17-15-23-55-37/h15,17,19-22,29-34,37-42,44-45,47,55,62H,14,16,18,23-28H2,1-13H3,(H,56,65)(H,57,67)(H,58,66)/t32-,33+,34-,37?,38-,39-,40-,41+,42+,44-,45+,47-/m0/s1. The third-order valence-electron chi connectivity index (χ3n) is 14.4. The summed E-state index contributed by atoms with van der Waals surface area (Å²) < 4.78 is 17.2. The quantitative estimate of drug-likeness (QED) is 0.102. The number of aliphatic hydroxyl groups excluding tert-OH is 1. The predicted octanol–water partition coefficient (Wildman–Crippen LogP) is 2.47. The van der Waals surface area contributed by atoms with Crippen LogP contribution in [0.2, 0.25) is 0 Å². The van der Waals surface area contributed by atoms with Gasteiger partial charge in [-0.25, -0.2) is 4.79 Å². The van der Waals surface area contributed by atoms with E-state index in [1.165, 1.54) is 49.8 Å². The Morgan fingerprint density at radius 1 is 0.919 bits per heavy atom. The molecule has 1 aromatic rings. The molecule has 1 unspecified atom stereocenters. The van der Waals surface area contributed by atoms with Crippen molar-refractivity contribution in [1.82, 2.24) is 36.0 Å². The number of hydrogen-bond acceptors (Lipinski definition) is 14. The highest BCUT2D eigenvalue weighted by Gasteiger charge is 2.45. The Labute approximate surface area is 436 Å². The summed E-state index contributed by atoms with van der Waals surface area (Å²) in [6.45, 7) is 17.6. The number of carbonyl (C=O) groups excluding carboxylic acids is 9. The molecule has 1 aromatic carbocycles. The number of hydrogen-bond donors (Lipinski definition) is 5. The van der Waals surface area contributed by atoms with E-state index in [-0.39, 0.29) is 50.0 Å². The van der Waals surface area contributed by atoms with Gasteiger partial charge in [0.15, 0.2) is 11.9 Å². The van der Waals surface area contributed by atoms with E-state index in [4.69, 9.17) is 14.2 Å². The van der Waals surface area contributed by atoms with Crippen LogP contribution in [0.4, 0.5) is 0 Å². The first-order chi connectivity index (χ1) is 34.8. The SMILES string of the molecule is CC[C@H](C)[C@@H]1NC(=O)[C@H](NC(=O)[C@H](CC(C)C)N(C)C(=O)C2C=CCN2)[C@H](C)OC(=O)[C@@H](Cc2ccc(OC)cc2)N(C)C(=O)[C@@H]2CCCN2C(=O)[C@H](CC(C)C)NC(=O)[C@H](C)C(=O)[C@H](C(C)C)OC(=O)C[C@H]1O. The topological polar surface area (TPSA) is 259 Å². The normalized spacial score (nSPS) is 28.1. The van der Waals surface area contributed by atoms with Gasteiger partial charge in [-0.3, -0.25) is 43.7 Å².